The van der Waals surface area contributed by atoms with E-state index in [9.17, 15) is 0 Å². The largest absolute Gasteiger partial charge is 0.266 e. The van der Waals surface area contributed by atoms with Gasteiger partial charge in [0.1, 0.15) is 4.60 Å². The summed E-state index contributed by atoms with van der Waals surface area (Å²) in [7, 11) is 1.90. The van der Waals surface area contributed by atoms with E-state index < -0.39 is 0 Å². The Morgan fingerprint density at radius 2 is 2.27 bits per heavy atom. The maximum atomic E-state index is 4.10. The first-order valence-electron chi connectivity index (χ1n) is 3.20. The van der Waals surface area contributed by atoms with Gasteiger partial charge in [0.05, 0.1) is 17.9 Å². The second-order valence-electron chi connectivity index (χ2n) is 2.33. The van der Waals surface area contributed by atoms with Crippen molar-refractivity contribution in [2.24, 2.45) is 7.05 Å². The molecule has 2 heterocycles. The number of fused-ring (bicyclic) bond motifs is 1. The zero-order chi connectivity index (χ0) is 7.84. The first kappa shape index (κ1) is 6.79. The SMILES string of the molecule is Cn1ncc2cc(Br)ncc21. The van der Waals surface area contributed by atoms with Gasteiger partial charge in [0.15, 0.2) is 0 Å². The highest BCUT2D eigenvalue weighted by atomic mass is 79.9. The summed E-state index contributed by atoms with van der Waals surface area (Å²) >= 11 is 3.29. The summed E-state index contributed by atoms with van der Waals surface area (Å²) in [5.41, 5.74) is 1.05. The van der Waals surface area contributed by atoms with Gasteiger partial charge < -0.3 is 0 Å². The van der Waals surface area contributed by atoms with Crippen molar-refractivity contribution in [1.82, 2.24) is 14.8 Å². The lowest BCUT2D eigenvalue weighted by molar-refractivity contribution is 0.795. The van der Waals surface area contributed by atoms with Crippen LogP contribution in [0.25, 0.3) is 10.9 Å². The quantitative estimate of drug-likeness (QED) is 0.622. The van der Waals surface area contributed by atoms with E-state index in [0.29, 0.717) is 0 Å². The first-order chi connectivity index (χ1) is 5.27. The molecule has 0 bridgehead atoms. The maximum absolute atomic E-state index is 4.10. The molecule has 2 aromatic heterocycles. The third-order valence-electron chi connectivity index (χ3n) is 1.60. The summed E-state index contributed by atoms with van der Waals surface area (Å²) < 4.78 is 2.65. The van der Waals surface area contributed by atoms with Crippen molar-refractivity contribution >= 4 is 26.8 Å². The monoisotopic (exact) mass is 211 g/mol. The fraction of sp³-hybridized carbons (Fsp3) is 0.143. The molecule has 0 saturated heterocycles. The number of nitrogens with zero attached hydrogens (tertiary/aromatic N) is 3. The van der Waals surface area contributed by atoms with Gasteiger partial charge in [-0.05, 0) is 22.0 Å². The molecule has 0 fully saturated rings. The van der Waals surface area contributed by atoms with E-state index >= 15 is 0 Å². The van der Waals surface area contributed by atoms with Gasteiger partial charge in [0.2, 0.25) is 0 Å². The molecule has 4 heteroatoms. The van der Waals surface area contributed by atoms with Crippen LogP contribution in [0.3, 0.4) is 0 Å². The summed E-state index contributed by atoms with van der Waals surface area (Å²) in [4.78, 5) is 4.10. The predicted octanol–water partition coefficient (Wildman–Crippen LogP) is 1.73. The van der Waals surface area contributed by atoms with Crippen LogP contribution in [0.4, 0.5) is 0 Å². The Bertz CT molecular complexity index is 393. The minimum absolute atomic E-state index is 0.845. The molecule has 0 aliphatic heterocycles. The van der Waals surface area contributed by atoms with Gasteiger partial charge in [-0.3, -0.25) is 4.68 Å². The molecule has 56 valence electrons. The van der Waals surface area contributed by atoms with E-state index in [1.807, 2.05) is 19.3 Å². The molecule has 0 aliphatic carbocycles. The zero-order valence-electron chi connectivity index (χ0n) is 5.95. The van der Waals surface area contributed by atoms with Crippen molar-refractivity contribution in [3.63, 3.8) is 0 Å². The topological polar surface area (TPSA) is 30.7 Å². The molecule has 0 saturated carbocycles. The highest BCUT2D eigenvalue weighted by Crippen LogP contribution is 2.15. The molecular formula is C7H6BrN3. The summed E-state index contributed by atoms with van der Waals surface area (Å²) in [5, 5.41) is 5.20. The molecule has 0 amide bonds. The number of halogens is 1. The van der Waals surface area contributed by atoms with E-state index in [1.54, 1.807) is 10.9 Å². The minimum atomic E-state index is 0.845. The van der Waals surface area contributed by atoms with Crippen LogP contribution in [0.2, 0.25) is 0 Å². The molecule has 0 radical (unpaired) electrons. The normalized spacial score (nSPS) is 10.7. The zero-order valence-corrected chi connectivity index (χ0v) is 7.54. The van der Waals surface area contributed by atoms with Crippen molar-refractivity contribution in [2.45, 2.75) is 0 Å². The van der Waals surface area contributed by atoms with Gasteiger partial charge in [-0.2, -0.15) is 5.10 Å². The highest BCUT2D eigenvalue weighted by Gasteiger charge is 1.98. The second-order valence-corrected chi connectivity index (χ2v) is 3.15. The summed E-state index contributed by atoms with van der Waals surface area (Å²) in [5.74, 6) is 0. The van der Waals surface area contributed by atoms with E-state index in [-0.39, 0.29) is 0 Å². The fourth-order valence-corrected chi connectivity index (χ4v) is 1.37. The van der Waals surface area contributed by atoms with Crippen LogP contribution in [-0.2, 0) is 7.05 Å². The number of aryl methyl sites for hydroxylation is 1. The minimum Gasteiger partial charge on any atom is -0.266 e. The Morgan fingerprint density at radius 1 is 1.45 bits per heavy atom. The summed E-state index contributed by atoms with van der Waals surface area (Å²) in [6, 6.07) is 1.95. The van der Waals surface area contributed by atoms with Gasteiger partial charge >= 0.3 is 0 Å². The Labute approximate surface area is 72.2 Å². The highest BCUT2D eigenvalue weighted by molar-refractivity contribution is 9.10. The summed E-state index contributed by atoms with van der Waals surface area (Å²) in [6.07, 6.45) is 3.62. The Morgan fingerprint density at radius 3 is 3.09 bits per heavy atom. The van der Waals surface area contributed by atoms with E-state index in [4.69, 9.17) is 0 Å². The third kappa shape index (κ3) is 1.03. The maximum Gasteiger partial charge on any atom is 0.106 e. The standard InChI is InChI=1S/C7H6BrN3/c1-11-6-4-9-7(8)2-5(6)3-10-11/h2-4H,1H3. The number of hydrogen-bond acceptors (Lipinski definition) is 2. The van der Waals surface area contributed by atoms with Crippen LogP contribution in [0.5, 0.6) is 0 Å². The number of hydrogen-bond donors (Lipinski definition) is 0. The Kier molecular flexibility index (Phi) is 1.42. The van der Waals surface area contributed by atoms with Crippen molar-refractivity contribution < 1.29 is 0 Å². The fourth-order valence-electron chi connectivity index (χ4n) is 1.02. The van der Waals surface area contributed by atoms with E-state index in [1.165, 1.54) is 0 Å². The van der Waals surface area contributed by atoms with Crippen LogP contribution < -0.4 is 0 Å². The number of aromatic nitrogens is 3. The number of rotatable bonds is 0. The number of pyridine rings is 1. The Balaban J connectivity index is 2.86. The van der Waals surface area contributed by atoms with Crippen molar-refractivity contribution in [3.8, 4) is 0 Å². The van der Waals surface area contributed by atoms with E-state index in [2.05, 4.69) is 26.0 Å². The van der Waals surface area contributed by atoms with Crippen LogP contribution in [0.1, 0.15) is 0 Å². The molecule has 0 spiro atoms. The van der Waals surface area contributed by atoms with E-state index in [0.717, 1.165) is 15.5 Å². The third-order valence-corrected chi connectivity index (χ3v) is 2.03. The van der Waals surface area contributed by atoms with Gasteiger partial charge in [-0.15, -0.1) is 0 Å². The lowest BCUT2D eigenvalue weighted by atomic mass is 10.3. The lowest BCUT2D eigenvalue weighted by Crippen LogP contribution is -1.88. The first-order valence-corrected chi connectivity index (χ1v) is 4.00. The molecule has 0 unspecified atom stereocenters. The van der Waals surface area contributed by atoms with Crippen LogP contribution in [-0.4, -0.2) is 14.8 Å². The van der Waals surface area contributed by atoms with Crippen molar-refractivity contribution in [3.05, 3.63) is 23.1 Å². The predicted molar refractivity (Wildman–Crippen MR) is 46.2 cm³/mol. The van der Waals surface area contributed by atoms with Crippen molar-refractivity contribution in [1.29, 1.82) is 0 Å². The second kappa shape index (κ2) is 2.30. The average molecular weight is 212 g/mol. The van der Waals surface area contributed by atoms with Gasteiger partial charge in [0, 0.05) is 12.4 Å². The molecular weight excluding hydrogens is 206 g/mol. The van der Waals surface area contributed by atoms with Crippen LogP contribution in [0, 0.1) is 0 Å². The smallest absolute Gasteiger partial charge is 0.106 e. The molecule has 0 atom stereocenters. The average Bonchev–Trinajstić information content (AvgIpc) is 2.32. The molecule has 0 aromatic carbocycles. The van der Waals surface area contributed by atoms with Crippen molar-refractivity contribution in [2.75, 3.05) is 0 Å². The molecule has 0 aliphatic rings. The van der Waals surface area contributed by atoms with Gasteiger partial charge in [-0.1, -0.05) is 0 Å². The molecule has 2 aromatic rings. The molecule has 3 nitrogen and oxygen atoms in total. The lowest BCUT2D eigenvalue weighted by Gasteiger charge is -1.92. The molecule has 11 heavy (non-hydrogen) atoms. The van der Waals surface area contributed by atoms with Crippen LogP contribution >= 0.6 is 15.9 Å². The van der Waals surface area contributed by atoms with Gasteiger partial charge in [-0.25, -0.2) is 4.98 Å². The Hall–Kier alpha value is -0.900. The molecule has 2 rings (SSSR count). The van der Waals surface area contributed by atoms with Crippen LogP contribution in [0.15, 0.2) is 23.1 Å². The summed E-state index contributed by atoms with van der Waals surface area (Å²) in [6.45, 7) is 0. The molecule has 0 N–H and O–H groups in total. The van der Waals surface area contributed by atoms with Gasteiger partial charge in [0.25, 0.3) is 0 Å².